The first-order valence-corrected chi connectivity index (χ1v) is 4.73. The number of nitrogens with two attached hydrogens (primary N) is 1. The van der Waals surface area contributed by atoms with Gasteiger partial charge in [0.05, 0.1) is 5.69 Å². The predicted octanol–water partition coefficient (Wildman–Crippen LogP) is 2.45. The Bertz CT molecular complexity index is 584. The Balaban J connectivity index is 2.69. The van der Waals surface area contributed by atoms with Gasteiger partial charge in [0.25, 0.3) is 0 Å². The second-order valence-corrected chi connectivity index (χ2v) is 3.48. The molecule has 17 heavy (non-hydrogen) atoms. The average Bonchev–Trinajstić information content (AvgIpc) is 2.30. The summed E-state index contributed by atoms with van der Waals surface area (Å²) in [5, 5.41) is 0. The van der Waals surface area contributed by atoms with E-state index in [0.29, 0.717) is 5.56 Å². The summed E-state index contributed by atoms with van der Waals surface area (Å²) in [5.74, 6) is -4.12. The second-order valence-electron chi connectivity index (χ2n) is 3.48. The highest BCUT2D eigenvalue weighted by Gasteiger charge is 2.17. The number of hydrogen-bond donors (Lipinski definition) is 1. The monoisotopic (exact) mass is 239 g/mol. The number of hydrogen-bond acceptors (Lipinski definition) is 3. The van der Waals surface area contributed by atoms with Crippen LogP contribution in [0.3, 0.4) is 0 Å². The van der Waals surface area contributed by atoms with Crippen molar-refractivity contribution in [3.05, 3.63) is 41.3 Å². The average molecular weight is 239 g/mol. The molecule has 0 saturated heterocycles. The molecule has 1 aromatic carbocycles. The number of anilines is 1. The first-order valence-electron chi connectivity index (χ1n) is 4.73. The van der Waals surface area contributed by atoms with Gasteiger partial charge in [-0.25, -0.2) is 23.1 Å². The molecule has 0 aliphatic carbocycles. The maximum atomic E-state index is 13.5. The van der Waals surface area contributed by atoms with Gasteiger partial charge in [-0.15, -0.1) is 0 Å². The van der Waals surface area contributed by atoms with Crippen LogP contribution in [0, 0.1) is 24.4 Å². The van der Waals surface area contributed by atoms with E-state index in [4.69, 9.17) is 5.73 Å². The minimum Gasteiger partial charge on any atom is -0.368 e. The molecule has 0 aliphatic heterocycles. The highest BCUT2D eigenvalue weighted by atomic mass is 19.2. The molecule has 0 radical (unpaired) electrons. The van der Waals surface area contributed by atoms with Crippen LogP contribution >= 0.6 is 0 Å². The van der Waals surface area contributed by atoms with Gasteiger partial charge in [0.1, 0.15) is 0 Å². The minimum atomic E-state index is -1.53. The molecule has 6 heteroatoms. The van der Waals surface area contributed by atoms with Crippen LogP contribution in [0.2, 0.25) is 0 Å². The lowest BCUT2D eigenvalue weighted by atomic mass is 10.1. The number of nitrogens with zero attached hydrogens (tertiary/aromatic N) is 2. The molecule has 2 rings (SSSR count). The van der Waals surface area contributed by atoms with E-state index in [1.54, 1.807) is 6.92 Å². The van der Waals surface area contributed by atoms with Crippen LogP contribution in [0.4, 0.5) is 19.1 Å². The summed E-state index contributed by atoms with van der Waals surface area (Å²) in [6.45, 7) is 1.62. The highest BCUT2D eigenvalue weighted by molar-refractivity contribution is 5.64. The maximum absolute atomic E-state index is 13.5. The maximum Gasteiger partial charge on any atom is 0.220 e. The van der Waals surface area contributed by atoms with Crippen LogP contribution in [0.1, 0.15) is 5.56 Å². The summed E-state index contributed by atoms with van der Waals surface area (Å²) in [4.78, 5) is 7.52. The van der Waals surface area contributed by atoms with Crippen molar-refractivity contribution in [2.75, 3.05) is 5.73 Å². The van der Waals surface area contributed by atoms with Crippen LogP contribution < -0.4 is 5.73 Å². The predicted molar refractivity (Wildman–Crippen MR) is 56.5 cm³/mol. The summed E-state index contributed by atoms with van der Waals surface area (Å²) < 4.78 is 39.4. The van der Waals surface area contributed by atoms with Crippen LogP contribution in [0.15, 0.2) is 18.3 Å². The molecule has 0 atom stereocenters. The quantitative estimate of drug-likeness (QED) is 0.777. The van der Waals surface area contributed by atoms with Crippen LogP contribution in [-0.2, 0) is 0 Å². The lowest BCUT2D eigenvalue weighted by Crippen LogP contribution is -2.01. The third kappa shape index (κ3) is 1.93. The highest BCUT2D eigenvalue weighted by Crippen LogP contribution is 2.26. The van der Waals surface area contributed by atoms with Gasteiger partial charge in [-0.1, -0.05) is 0 Å². The SMILES string of the molecule is Cc1cnc(N)nc1-c1ccc(F)c(F)c1F. The van der Waals surface area contributed by atoms with E-state index in [2.05, 4.69) is 9.97 Å². The van der Waals surface area contributed by atoms with Crippen molar-refractivity contribution in [2.45, 2.75) is 6.92 Å². The lowest BCUT2D eigenvalue weighted by molar-refractivity contribution is 0.449. The lowest BCUT2D eigenvalue weighted by Gasteiger charge is -2.07. The Labute approximate surface area is 95.1 Å². The molecule has 1 heterocycles. The molecule has 0 amide bonds. The molecule has 0 saturated carbocycles. The molecule has 88 valence electrons. The Hall–Kier alpha value is -2.11. The number of halogens is 3. The van der Waals surface area contributed by atoms with Crippen molar-refractivity contribution in [1.82, 2.24) is 9.97 Å². The largest absolute Gasteiger partial charge is 0.368 e. The van der Waals surface area contributed by atoms with Crippen molar-refractivity contribution in [3.8, 4) is 11.3 Å². The normalized spacial score (nSPS) is 10.6. The number of nitrogen functional groups attached to an aromatic ring is 1. The van der Waals surface area contributed by atoms with Crippen LogP contribution in [-0.4, -0.2) is 9.97 Å². The third-order valence-corrected chi connectivity index (χ3v) is 2.28. The topological polar surface area (TPSA) is 51.8 Å². The molecule has 2 N–H and O–H groups in total. The molecule has 1 aromatic heterocycles. The van der Waals surface area contributed by atoms with Crippen molar-refractivity contribution in [1.29, 1.82) is 0 Å². The zero-order valence-electron chi connectivity index (χ0n) is 8.84. The molecule has 0 bridgehead atoms. The number of benzene rings is 1. The van der Waals surface area contributed by atoms with Gasteiger partial charge < -0.3 is 5.73 Å². The van der Waals surface area contributed by atoms with E-state index >= 15 is 0 Å². The fourth-order valence-corrected chi connectivity index (χ4v) is 1.44. The third-order valence-electron chi connectivity index (χ3n) is 2.28. The summed E-state index contributed by atoms with van der Waals surface area (Å²) in [6.07, 6.45) is 1.39. The van der Waals surface area contributed by atoms with E-state index in [1.165, 1.54) is 6.20 Å². The molecule has 2 aromatic rings. The molecule has 0 spiro atoms. The molecule has 0 aliphatic rings. The van der Waals surface area contributed by atoms with E-state index in [0.717, 1.165) is 12.1 Å². The van der Waals surface area contributed by atoms with E-state index in [1.807, 2.05) is 0 Å². The first-order chi connectivity index (χ1) is 8.00. The fourth-order valence-electron chi connectivity index (χ4n) is 1.44. The Kier molecular flexibility index (Phi) is 2.71. The second kappa shape index (κ2) is 4.04. The smallest absolute Gasteiger partial charge is 0.220 e. The summed E-state index contributed by atoms with van der Waals surface area (Å²) in [6, 6.07) is 1.95. The minimum absolute atomic E-state index is 0.0604. The Morgan fingerprint density at radius 3 is 2.53 bits per heavy atom. The Morgan fingerprint density at radius 2 is 1.82 bits per heavy atom. The number of rotatable bonds is 1. The standard InChI is InChI=1S/C11H8F3N3/c1-5-4-16-11(15)17-10(5)6-2-3-7(12)9(14)8(6)13/h2-4H,1H3,(H2,15,16,17). The van der Waals surface area contributed by atoms with Crippen LogP contribution in [0.5, 0.6) is 0 Å². The van der Waals surface area contributed by atoms with Gasteiger partial charge in [0, 0.05) is 11.8 Å². The zero-order chi connectivity index (χ0) is 12.6. The Morgan fingerprint density at radius 1 is 1.12 bits per heavy atom. The molecular formula is C11H8F3N3. The zero-order valence-corrected chi connectivity index (χ0v) is 8.84. The summed E-state index contributed by atoms with van der Waals surface area (Å²) in [5.41, 5.74) is 5.89. The van der Waals surface area contributed by atoms with Gasteiger partial charge in [-0.05, 0) is 24.6 Å². The summed E-state index contributed by atoms with van der Waals surface area (Å²) >= 11 is 0. The number of aromatic nitrogens is 2. The van der Waals surface area contributed by atoms with Crippen molar-refractivity contribution in [2.24, 2.45) is 0 Å². The van der Waals surface area contributed by atoms with E-state index in [-0.39, 0.29) is 17.2 Å². The van der Waals surface area contributed by atoms with E-state index < -0.39 is 17.5 Å². The van der Waals surface area contributed by atoms with Gasteiger partial charge >= 0.3 is 0 Å². The van der Waals surface area contributed by atoms with Gasteiger partial charge in [0.15, 0.2) is 17.5 Å². The van der Waals surface area contributed by atoms with Crippen molar-refractivity contribution < 1.29 is 13.2 Å². The van der Waals surface area contributed by atoms with Gasteiger partial charge in [-0.2, -0.15) is 0 Å². The van der Waals surface area contributed by atoms with Gasteiger partial charge in [-0.3, -0.25) is 0 Å². The first kappa shape index (κ1) is 11.4. The molecular weight excluding hydrogens is 231 g/mol. The van der Waals surface area contributed by atoms with Gasteiger partial charge in [0.2, 0.25) is 5.95 Å². The van der Waals surface area contributed by atoms with Crippen molar-refractivity contribution >= 4 is 5.95 Å². The van der Waals surface area contributed by atoms with Crippen molar-refractivity contribution in [3.63, 3.8) is 0 Å². The molecule has 0 unspecified atom stereocenters. The molecule has 0 fully saturated rings. The number of aryl methyl sites for hydroxylation is 1. The fraction of sp³-hybridized carbons (Fsp3) is 0.0909. The molecule has 3 nitrogen and oxygen atoms in total. The van der Waals surface area contributed by atoms with E-state index in [9.17, 15) is 13.2 Å². The van der Waals surface area contributed by atoms with Crippen LogP contribution in [0.25, 0.3) is 11.3 Å². The summed E-state index contributed by atoms with van der Waals surface area (Å²) in [7, 11) is 0.